The number of hydrogen-bond donors (Lipinski definition) is 1. The van der Waals surface area contributed by atoms with Crippen LogP contribution >= 0.6 is 0 Å². The Hall–Kier alpha value is -3.04. The Labute approximate surface area is 176 Å². The van der Waals surface area contributed by atoms with Gasteiger partial charge in [-0.2, -0.15) is 0 Å². The van der Waals surface area contributed by atoms with E-state index in [1.165, 1.54) is 11.5 Å². The van der Waals surface area contributed by atoms with Crippen LogP contribution < -0.4 is 5.32 Å². The maximum absolute atomic E-state index is 13.6. The van der Waals surface area contributed by atoms with Gasteiger partial charge < -0.3 is 5.32 Å². The predicted octanol–water partition coefficient (Wildman–Crippen LogP) is 7.53. The summed E-state index contributed by atoms with van der Waals surface area (Å²) in [6.07, 6.45) is 0. The molecule has 0 aliphatic rings. The van der Waals surface area contributed by atoms with Crippen LogP contribution in [0.15, 0.2) is 84.9 Å². The Morgan fingerprint density at radius 3 is 2.23 bits per heavy atom. The van der Waals surface area contributed by atoms with E-state index < -0.39 is 6.67 Å². The van der Waals surface area contributed by atoms with Crippen LogP contribution in [-0.4, -0.2) is 0 Å². The van der Waals surface area contributed by atoms with Gasteiger partial charge in [-0.3, -0.25) is 0 Å². The molecule has 0 spiro atoms. The van der Waals surface area contributed by atoms with Crippen LogP contribution in [0.2, 0.25) is 0 Å². The van der Waals surface area contributed by atoms with Crippen LogP contribution in [0.25, 0.3) is 21.9 Å². The van der Waals surface area contributed by atoms with E-state index in [0.29, 0.717) is 5.56 Å². The topological polar surface area (TPSA) is 12.0 Å². The molecule has 0 radical (unpaired) electrons. The molecular weight excluding hydrogens is 376 g/mol. The number of halogens is 2. The molecule has 0 aliphatic carbocycles. The number of alkyl halides is 1. The summed E-state index contributed by atoms with van der Waals surface area (Å²) in [6.45, 7) is 3.71. The fraction of sp³-hybridized carbons (Fsp3) is 0.185. The minimum absolute atomic E-state index is 0.00876. The zero-order chi connectivity index (χ0) is 21.1. The highest BCUT2D eigenvalue weighted by Crippen LogP contribution is 2.33. The second-order valence-electron chi connectivity index (χ2n) is 7.79. The third kappa shape index (κ3) is 4.27. The van der Waals surface area contributed by atoms with Crippen molar-refractivity contribution in [3.63, 3.8) is 0 Å². The van der Waals surface area contributed by atoms with Gasteiger partial charge in [0.2, 0.25) is 0 Å². The van der Waals surface area contributed by atoms with Crippen LogP contribution in [0.3, 0.4) is 0 Å². The van der Waals surface area contributed by atoms with Gasteiger partial charge in [0, 0.05) is 12.1 Å². The van der Waals surface area contributed by atoms with Crippen molar-refractivity contribution in [1.29, 1.82) is 0 Å². The average Bonchev–Trinajstić information content (AvgIpc) is 2.78. The van der Waals surface area contributed by atoms with Crippen molar-refractivity contribution in [2.45, 2.75) is 32.6 Å². The number of nitrogens with one attached hydrogen (secondary N) is 1. The average molecular weight is 402 g/mol. The summed E-state index contributed by atoms with van der Waals surface area (Å²) in [5.74, 6) is -0.224. The Bertz CT molecular complexity index is 1150. The number of hydrogen-bond acceptors (Lipinski definition) is 1. The van der Waals surface area contributed by atoms with Gasteiger partial charge in [0.1, 0.15) is 12.5 Å². The molecule has 1 N–H and O–H groups in total. The van der Waals surface area contributed by atoms with Crippen LogP contribution in [0.4, 0.5) is 8.78 Å². The quantitative estimate of drug-likeness (QED) is 0.352. The second-order valence-corrected chi connectivity index (χ2v) is 7.79. The molecule has 0 aromatic heterocycles. The molecule has 0 saturated carbocycles. The zero-order valence-corrected chi connectivity index (χ0v) is 17.2. The van der Waals surface area contributed by atoms with Gasteiger partial charge >= 0.3 is 0 Å². The number of benzene rings is 4. The van der Waals surface area contributed by atoms with Gasteiger partial charge in [-0.1, -0.05) is 60.7 Å². The summed E-state index contributed by atoms with van der Waals surface area (Å²) in [7, 11) is 0. The van der Waals surface area contributed by atoms with Crippen LogP contribution in [0, 0.1) is 5.82 Å². The highest BCUT2D eigenvalue weighted by molar-refractivity contribution is 5.97. The summed E-state index contributed by atoms with van der Waals surface area (Å²) < 4.78 is 26.5. The lowest BCUT2D eigenvalue weighted by molar-refractivity contribution is 0.485. The molecule has 3 heteroatoms. The zero-order valence-electron chi connectivity index (χ0n) is 17.2. The molecule has 1 nitrogen and oxygen atoms in total. The Balaban J connectivity index is 1.70. The largest absolute Gasteiger partial charge is 0.304 e. The van der Waals surface area contributed by atoms with E-state index in [2.05, 4.69) is 36.5 Å². The van der Waals surface area contributed by atoms with Gasteiger partial charge in [0.25, 0.3) is 0 Å². The lowest BCUT2D eigenvalue weighted by atomic mass is 9.93. The maximum Gasteiger partial charge on any atom is 0.123 e. The summed E-state index contributed by atoms with van der Waals surface area (Å²) in [6, 6.07) is 27.1. The third-order valence-electron chi connectivity index (χ3n) is 5.65. The van der Waals surface area contributed by atoms with Crippen molar-refractivity contribution in [2.75, 3.05) is 0 Å². The fourth-order valence-electron chi connectivity index (χ4n) is 3.94. The predicted molar refractivity (Wildman–Crippen MR) is 121 cm³/mol. The first-order chi connectivity index (χ1) is 14.5. The molecular formula is C27H25F2N. The van der Waals surface area contributed by atoms with Crippen LogP contribution in [0.5, 0.6) is 0 Å². The van der Waals surface area contributed by atoms with Crippen molar-refractivity contribution in [3.05, 3.63) is 107 Å². The molecule has 152 valence electrons. The Morgan fingerprint density at radius 2 is 1.50 bits per heavy atom. The molecule has 0 fully saturated rings. The van der Waals surface area contributed by atoms with Gasteiger partial charge in [-0.15, -0.1) is 0 Å². The highest BCUT2D eigenvalue weighted by Gasteiger charge is 2.15. The normalized spacial score (nSPS) is 13.3. The van der Waals surface area contributed by atoms with E-state index in [1.54, 1.807) is 12.1 Å². The molecule has 4 aromatic carbocycles. The molecule has 4 aromatic rings. The van der Waals surface area contributed by atoms with Gasteiger partial charge in [0.05, 0.1) is 0 Å². The molecule has 0 saturated heterocycles. The van der Waals surface area contributed by atoms with Crippen molar-refractivity contribution in [2.24, 2.45) is 0 Å². The first-order valence-corrected chi connectivity index (χ1v) is 10.2. The molecule has 0 amide bonds. The SMILES string of the molecule is CC(N[C@H](C)c1cccc(F)c1)c1cc(-c2ccc(CF)cc2)c2ccccc2c1. The monoisotopic (exact) mass is 401 g/mol. The van der Waals surface area contributed by atoms with Crippen molar-refractivity contribution < 1.29 is 8.78 Å². The third-order valence-corrected chi connectivity index (χ3v) is 5.65. The molecule has 4 rings (SSSR count). The number of fused-ring (bicyclic) bond motifs is 1. The van der Waals surface area contributed by atoms with Gasteiger partial charge in [-0.25, -0.2) is 8.78 Å². The van der Waals surface area contributed by atoms with E-state index in [0.717, 1.165) is 27.6 Å². The van der Waals surface area contributed by atoms with Crippen LogP contribution in [0.1, 0.15) is 42.6 Å². The molecule has 0 bridgehead atoms. The molecule has 1 unspecified atom stereocenters. The smallest absolute Gasteiger partial charge is 0.123 e. The van der Waals surface area contributed by atoms with Crippen molar-refractivity contribution in [3.8, 4) is 11.1 Å². The second kappa shape index (κ2) is 8.76. The number of rotatable bonds is 6. The fourth-order valence-corrected chi connectivity index (χ4v) is 3.94. The van der Waals surface area contributed by atoms with Gasteiger partial charge in [0.15, 0.2) is 0 Å². The van der Waals surface area contributed by atoms with Crippen LogP contribution in [-0.2, 0) is 6.67 Å². The first kappa shape index (κ1) is 20.2. The Morgan fingerprint density at radius 1 is 0.767 bits per heavy atom. The van der Waals surface area contributed by atoms with E-state index in [1.807, 2.05) is 49.4 Å². The molecule has 2 atom stereocenters. The highest BCUT2D eigenvalue weighted by atomic mass is 19.1. The van der Waals surface area contributed by atoms with Crippen molar-refractivity contribution >= 4 is 10.8 Å². The maximum atomic E-state index is 13.6. The summed E-state index contributed by atoms with van der Waals surface area (Å²) >= 11 is 0. The van der Waals surface area contributed by atoms with Gasteiger partial charge in [-0.05, 0) is 76.7 Å². The molecule has 0 aliphatic heterocycles. The van der Waals surface area contributed by atoms with E-state index >= 15 is 0 Å². The van der Waals surface area contributed by atoms with E-state index in [9.17, 15) is 8.78 Å². The molecule has 30 heavy (non-hydrogen) atoms. The minimum atomic E-state index is -0.458. The van der Waals surface area contributed by atoms with E-state index in [4.69, 9.17) is 0 Å². The standard InChI is InChI=1S/C27H25F2N/c1-18(22-7-5-8-25(29)15-22)30-19(2)24-14-23-6-3-4-9-26(23)27(16-24)21-12-10-20(17-28)11-13-21/h3-16,18-19,30H,17H2,1-2H3/t18-,19?/m1/s1. The van der Waals surface area contributed by atoms with Crippen molar-refractivity contribution in [1.82, 2.24) is 5.32 Å². The Kier molecular flexibility index (Phi) is 5.91. The molecule has 0 heterocycles. The lowest BCUT2D eigenvalue weighted by Gasteiger charge is -2.22. The summed E-state index contributed by atoms with van der Waals surface area (Å²) in [4.78, 5) is 0. The van der Waals surface area contributed by atoms with E-state index in [-0.39, 0.29) is 17.9 Å². The minimum Gasteiger partial charge on any atom is -0.304 e. The summed E-state index contributed by atoms with van der Waals surface area (Å²) in [5.41, 5.74) is 4.94. The first-order valence-electron chi connectivity index (χ1n) is 10.2. The summed E-state index contributed by atoms with van der Waals surface area (Å²) in [5, 5.41) is 5.91. The lowest BCUT2D eigenvalue weighted by Crippen LogP contribution is -2.22.